The first-order valence-corrected chi connectivity index (χ1v) is 11.1. The highest BCUT2D eigenvalue weighted by molar-refractivity contribution is 6.61. The van der Waals surface area contributed by atoms with Crippen molar-refractivity contribution in [3.8, 4) is 0 Å². The summed E-state index contributed by atoms with van der Waals surface area (Å²) in [6.45, 7) is 0.210. The number of halogens is 3. The summed E-state index contributed by atoms with van der Waals surface area (Å²) in [5.41, 5.74) is 9.33. The molecule has 0 bridgehead atoms. The van der Waals surface area contributed by atoms with E-state index in [1.165, 1.54) is 0 Å². The maximum absolute atomic E-state index is 13.1. The monoisotopic (exact) mass is 562 g/mol. The molecule has 5 N–H and O–H groups in total. The second-order valence-electron chi connectivity index (χ2n) is 7.13. The van der Waals surface area contributed by atoms with Crippen molar-refractivity contribution in [2.24, 2.45) is 0 Å². The second-order valence-corrected chi connectivity index (χ2v) is 7.44. The summed E-state index contributed by atoms with van der Waals surface area (Å²) in [5, 5.41) is 0. The number of anilines is 2. The molecular weight excluding hydrogens is 542 g/mol. The van der Waals surface area contributed by atoms with Crippen molar-refractivity contribution in [2.45, 2.75) is 13.2 Å². The fourth-order valence-electron chi connectivity index (χ4n) is 2.47. The number of nitrogens with two attached hydrogens (primary N) is 2. The van der Waals surface area contributed by atoms with Gasteiger partial charge in [-0.1, -0.05) is 60.7 Å². The first-order chi connectivity index (χ1) is 18.6. The van der Waals surface area contributed by atoms with Crippen LogP contribution in [0, 0.1) is 11.6 Å². The number of nitrogens with one attached hydrogen (secondary N) is 1. The van der Waals surface area contributed by atoms with Gasteiger partial charge in [-0.2, -0.15) is 14.5 Å². The number of aromatic nitrogens is 4. The molecular formula is C24H21ClF2N6O6. The molecule has 15 heteroatoms. The van der Waals surface area contributed by atoms with Crippen molar-refractivity contribution in [1.29, 1.82) is 0 Å². The highest BCUT2D eigenvalue weighted by Gasteiger charge is 2.13. The van der Waals surface area contributed by atoms with E-state index in [0.717, 1.165) is 17.3 Å². The maximum Gasteiger partial charge on any atom is 0.422 e. The molecule has 0 saturated heterocycles. The number of carbonyl (C=O) groups is 2. The van der Waals surface area contributed by atoms with Crippen LogP contribution in [0.25, 0.3) is 0 Å². The molecule has 4 aromatic rings. The van der Waals surface area contributed by atoms with Crippen molar-refractivity contribution < 1.29 is 27.8 Å². The van der Waals surface area contributed by atoms with Gasteiger partial charge in [-0.25, -0.2) is 28.0 Å². The fourth-order valence-corrected chi connectivity index (χ4v) is 2.53. The molecule has 0 radical (unpaired) electrons. The first kappa shape index (κ1) is 30.1. The molecule has 39 heavy (non-hydrogen) atoms. The molecule has 0 aliphatic heterocycles. The lowest BCUT2D eigenvalue weighted by Gasteiger charge is -2.06. The van der Waals surface area contributed by atoms with Gasteiger partial charge in [-0.15, -0.1) is 0 Å². The average Bonchev–Trinajstić information content (AvgIpc) is 2.92. The molecule has 204 valence electrons. The summed E-state index contributed by atoms with van der Waals surface area (Å²) in [5.74, 6) is -2.52. The molecule has 2 aromatic carbocycles. The second kappa shape index (κ2) is 15.2. The molecule has 0 atom stereocenters. The molecule has 0 unspecified atom stereocenters. The Morgan fingerprint density at radius 3 is 1.92 bits per heavy atom. The zero-order valence-corrected chi connectivity index (χ0v) is 20.7. The number of carbonyl (C=O) groups excluding carboxylic acids is 2. The number of nitrogen functional groups attached to an aromatic ring is 2. The average molecular weight is 563 g/mol. The molecule has 0 fully saturated rings. The van der Waals surface area contributed by atoms with Crippen LogP contribution in [0.4, 0.5) is 30.0 Å². The summed E-state index contributed by atoms with van der Waals surface area (Å²) < 4.78 is 35.1. The van der Waals surface area contributed by atoms with Crippen molar-refractivity contribution in [2.75, 3.05) is 11.5 Å². The van der Waals surface area contributed by atoms with Gasteiger partial charge in [0.05, 0.1) is 12.4 Å². The number of aromatic amines is 1. The first-order valence-electron chi connectivity index (χ1n) is 10.7. The summed E-state index contributed by atoms with van der Waals surface area (Å²) >= 11 is 4.97. The van der Waals surface area contributed by atoms with Crippen molar-refractivity contribution >= 4 is 34.8 Å². The third kappa shape index (κ3) is 10.8. The Morgan fingerprint density at radius 1 is 0.897 bits per heavy atom. The van der Waals surface area contributed by atoms with E-state index in [2.05, 4.69) is 14.7 Å². The van der Waals surface area contributed by atoms with E-state index >= 15 is 0 Å². The molecule has 4 rings (SSSR count). The van der Waals surface area contributed by atoms with Gasteiger partial charge in [0.25, 0.3) is 0 Å². The van der Waals surface area contributed by atoms with E-state index in [1.807, 2.05) is 41.4 Å². The van der Waals surface area contributed by atoms with Crippen LogP contribution in [-0.2, 0) is 22.7 Å². The predicted octanol–water partition coefficient (Wildman–Crippen LogP) is 3.20. The fraction of sp³-hybridized carbons (Fsp3) is 0.0833. The Hall–Kier alpha value is -5.11. The summed E-state index contributed by atoms with van der Waals surface area (Å²) in [4.78, 5) is 51.5. The van der Waals surface area contributed by atoms with Gasteiger partial charge in [0, 0.05) is 11.6 Å². The molecule has 0 aliphatic carbocycles. The van der Waals surface area contributed by atoms with E-state index in [-0.39, 0.29) is 19.0 Å². The number of H-pyrrole nitrogens is 1. The lowest BCUT2D eigenvalue weighted by molar-refractivity contribution is 0.139. The summed E-state index contributed by atoms with van der Waals surface area (Å²) in [6.07, 6.45) is 0.409. The van der Waals surface area contributed by atoms with E-state index in [4.69, 9.17) is 27.8 Å². The quantitative estimate of drug-likeness (QED) is 0.312. The normalized spacial score (nSPS) is 9.72. The van der Waals surface area contributed by atoms with Crippen LogP contribution in [0.5, 0.6) is 0 Å². The molecule has 2 aromatic heterocycles. The van der Waals surface area contributed by atoms with E-state index in [0.29, 0.717) is 10.8 Å². The lowest BCUT2D eigenvalue weighted by Crippen LogP contribution is -2.30. The van der Waals surface area contributed by atoms with Gasteiger partial charge in [-0.05, 0) is 11.1 Å². The Balaban J connectivity index is 0.000000226. The third-order valence-electron chi connectivity index (χ3n) is 4.30. The van der Waals surface area contributed by atoms with E-state index in [1.54, 1.807) is 24.3 Å². The molecule has 0 aliphatic rings. The minimum Gasteiger partial charge on any atom is -0.449 e. The molecule has 0 saturated carbocycles. The van der Waals surface area contributed by atoms with Gasteiger partial charge in [-0.3, -0.25) is 4.98 Å². The Labute approximate surface area is 223 Å². The molecule has 0 amide bonds. The molecule has 12 nitrogen and oxygen atoms in total. The van der Waals surface area contributed by atoms with Crippen LogP contribution in [0.3, 0.4) is 0 Å². The van der Waals surface area contributed by atoms with Crippen LogP contribution < -0.4 is 22.8 Å². The third-order valence-corrected chi connectivity index (χ3v) is 4.41. The Morgan fingerprint density at radius 2 is 1.44 bits per heavy atom. The van der Waals surface area contributed by atoms with Gasteiger partial charge < -0.3 is 20.9 Å². The summed E-state index contributed by atoms with van der Waals surface area (Å²) in [7, 11) is 0. The number of ether oxygens (including phenoxy) is 2. The van der Waals surface area contributed by atoms with Gasteiger partial charge in [0.15, 0.2) is 17.5 Å². The predicted molar refractivity (Wildman–Crippen MR) is 137 cm³/mol. The molecule has 2 heterocycles. The number of hydrogen-bond acceptors (Lipinski definition) is 10. The van der Waals surface area contributed by atoms with Crippen LogP contribution in [0.1, 0.15) is 11.1 Å². The van der Waals surface area contributed by atoms with Gasteiger partial charge in [0.1, 0.15) is 19.0 Å². The largest absolute Gasteiger partial charge is 0.449 e. The minimum absolute atomic E-state index is 0.0297. The SMILES string of the molecule is Nc1[nH]c(=O)ncc1F.Nc1nc(=O)n(C(=O)OCc2ccccc2)cc1F.O=C(Cl)OCc1ccccc1. The topological polar surface area (TPSA) is 185 Å². The Bertz CT molecular complexity index is 1500. The van der Waals surface area contributed by atoms with Gasteiger partial charge >= 0.3 is 22.9 Å². The van der Waals surface area contributed by atoms with Crippen LogP contribution in [0.15, 0.2) is 82.6 Å². The van der Waals surface area contributed by atoms with E-state index < -0.39 is 40.4 Å². The lowest BCUT2D eigenvalue weighted by atomic mass is 10.2. The smallest absolute Gasteiger partial charge is 0.422 e. The number of rotatable bonds is 4. The van der Waals surface area contributed by atoms with Crippen molar-refractivity contribution in [1.82, 2.24) is 19.5 Å². The van der Waals surface area contributed by atoms with Crippen LogP contribution in [-0.4, -0.2) is 31.0 Å². The standard InChI is InChI=1S/C12H10FN3O3.C8H7ClO2.C4H4FN3O/c13-9-6-16(11(17)15-10(9)14)12(18)19-7-8-4-2-1-3-5-8;9-8(10)11-6-7-4-2-1-3-5-7;5-2-1-7-4(9)8-3(2)6/h1-6H,7H2,(H2,14,15,17);1-5H,6H2;1H,(H3,6,7,8,9). The van der Waals surface area contributed by atoms with Crippen LogP contribution >= 0.6 is 11.6 Å². The Kier molecular flexibility index (Phi) is 11.7. The van der Waals surface area contributed by atoms with Crippen molar-refractivity contribution in [3.63, 3.8) is 0 Å². The molecule has 0 spiro atoms. The highest BCUT2D eigenvalue weighted by Crippen LogP contribution is 2.04. The zero-order chi connectivity index (χ0) is 28.8. The van der Waals surface area contributed by atoms with Crippen LogP contribution in [0.2, 0.25) is 0 Å². The van der Waals surface area contributed by atoms with Crippen molar-refractivity contribution in [3.05, 3.63) is 117 Å². The summed E-state index contributed by atoms with van der Waals surface area (Å²) in [6, 6.07) is 18.2. The zero-order valence-electron chi connectivity index (χ0n) is 19.9. The number of benzene rings is 2. The number of nitrogens with zero attached hydrogens (tertiary/aromatic N) is 3. The minimum atomic E-state index is -1.01. The van der Waals surface area contributed by atoms with E-state index in [9.17, 15) is 28.0 Å². The maximum atomic E-state index is 13.1. The highest BCUT2D eigenvalue weighted by atomic mass is 35.5. The van der Waals surface area contributed by atoms with Gasteiger partial charge in [0.2, 0.25) is 0 Å². The number of hydrogen-bond donors (Lipinski definition) is 3.